The van der Waals surface area contributed by atoms with Crippen LogP contribution in [0.2, 0.25) is 5.02 Å². The molecule has 0 aliphatic heterocycles. The molecule has 84 valence electrons. The number of benzene rings is 1. The van der Waals surface area contributed by atoms with Crippen molar-refractivity contribution in [3.8, 4) is 0 Å². The van der Waals surface area contributed by atoms with Gasteiger partial charge in [0.1, 0.15) is 6.61 Å². The Morgan fingerprint density at radius 3 is 2.67 bits per heavy atom. The highest BCUT2D eigenvalue weighted by Gasteiger charge is 2.13. The van der Waals surface area contributed by atoms with Crippen LogP contribution < -0.4 is 0 Å². The van der Waals surface area contributed by atoms with Gasteiger partial charge in [-0.25, -0.2) is 8.78 Å². The lowest BCUT2D eigenvalue weighted by atomic mass is 10.1. The van der Waals surface area contributed by atoms with Gasteiger partial charge < -0.3 is 4.74 Å². The molecule has 0 heterocycles. The molecule has 0 spiro atoms. The van der Waals surface area contributed by atoms with Gasteiger partial charge in [0.25, 0.3) is 6.43 Å². The summed E-state index contributed by atoms with van der Waals surface area (Å²) in [5.41, 5.74) is 0.792. The molecule has 0 bridgehead atoms. The summed E-state index contributed by atoms with van der Waals surface area (Å²) in [7, 11) is 0. The molecule has 0 aromatic heterocycles. The molecule has 1 nitrogen and oxygen atoms in total. The fourth-order valence-electron chi connectivity index (χ4n) is 1.13. The maximum atomic E-state index is 12.0. The second kappa shape index (κ2) is 6.40. The van der Waals surface area contributed by atoms with Gasteiger partial charge in [0.2, 0.25) is 0 Å². The zero-order valence-electron chi connectivity index (χ0n) is 7.80. The van der Waals surface area contributed by atoms with E-state index < -0.39 is 19.1 Å². The molecule has 0 aliphatic rings. The highest BCUT2D eigenvalue weighted by atomic mass is 79.9. The molecule has 0 saturated heterocycles. The van der Waals surface area contributed by atoms with Crippen molar-refractivity contribution >= 4 is 27.5 Å². The fraction of sp³-hybridized carbons (Fsp3) is 0.400. The quantitative estimate of drug-likeness (QED) is 0.745. The summed E-state index contributed by atoms with van der Waals surface area (Å²) in [6.07, 6.45) is -2.84. The molecular formula is C10H10BrClF2O. The number of rotatable bonds is 5. The van der Waals surface area contributed by atoms with Crippen LogP contribution in [0, 0.1) is 0 Å². The summed E-state index contributed by atoms with van der Waals surface area (Å²) in [5.74, 6) is 0. The first kappa shape index (κ1) is 12.9. The number of ether oxygens (including phenoxy) is 1. The van der Waals surface area contributed by atoms with Gasteiger partial charge in [-0.05, 0) is 17.7 Å². The van der Waals surface area contributed by atoms with E-state index in [9.17, 15) is 8.78 Å². The van der Waals surface area contributed by atoms with E-state index in [0.717, 1.165) is 5.56 Å². The van der Waals surface area contributed by atoms with Crippen LogP contribution in [-0.2, 0) is 4.74 Å². The van der Waals surface area contributed by atoms with Crippen molar-refractivity contribution in [2.45, 2.75) is 12.5 Å². The Morgan fingerprint density at radius 2 is 2.13 bits per heavy atom. The van der Waals surface area contributed by atoms with Crippen LogP contribution >= 0.6 is 27.5 Å². The molecule has 0 aliphatic carbocycles. The van der Waals surface area contributed by atoms with E-state index in [1.54, 1.807) is 24.3 Å². The predicted octanol–water partition coefficient (Wildman–Crippen LogP) is 4.06. The molecule has 1 atom stereocenters. The standard InChI is InChI=1S/C10H10BrClF2O/c11-5-9(15-6-10(13)14)7-2-1-3-8(12)4-7/h1-4,9-10H,5-6H2. The van der Waals surface area contributed by atoms with Crippen LogP contribution in [0.25, 0.3) is 0 Å². The van der Waals surface area contributed by atoms with Gasteiger partial charge in [-0.2, -0.15) is 0 Å². The van der Waals surface area contributed by atoms with E-state index >= 15 is 0 Å². The maximum Gasteiger partial charge on any atom is 0.261 e. The van der Waals surface area contributed by atoms with Gasteiger partial charge >= 0.3 is 0 Å². The molecule has 0 N–H and O–H groups in total. The molecule has 0 fully saturated rings. The SMILES string of the molecule is FC(F)COC(CBr)c1cccc(Cl)c1. The van der Waals surface area contributed by atoms with Gasteiger partial charge in [-0.1, -0.05) is 39.7 Å². The average molecular weight is 300 g/mol. The summed E-state index contributed by atoms with van der Waals surface area (Å²) in [6.45, 7) is -0.567. The zero-order valence-corrected chi connectivity index (χ0v) is 10.1. The Bertz CT molecular complexity index is 309. The topological polar surface area (TPSA) is 9.23 Å². The van der Waals surface area contributed by atoms with Crippen molar-refractivity contribution in [2.24, 2.45) is 0 Å². The van der Waals surface area contributed by atoms with Crippen molar-refractivity contribution in [3.05, 3.63) is 34.9 Å². The van der Waals surface area contributed by atoms with Crippen molar-refractivity contribution in [1.82, 2.24) is 0 Å². The minimum absolute atomic E-state index is 0.391. The smallest absolute Gasteiger partial charge is 0.261 e. The van der Waals surface area contributed by atoms with Crippen LogP contribution in [0.1, 0.15) is 11.7 Å². The lowest BCUT2D eigenvalue weighted by Gasteiger charge is -2.15. The van der Waals surface area contributed by atoms with E-state index in [4.69, 9.17) is 16.3 Å². The van der Waals surface area contributed by atoms with Gasteiger partial charge in [0.15, 0.2) is 0 Å². The third-order valence-corrected chi connectivity index (χ3v) is 2.61. The van der Waals surface area contributed by atoms with Crippen molar-refractivity contribution in [2.75, 3.05) is 11.9 Å². The number of hydrogen-bond acceptors (Lipinski definition) is 1. The Balaban J connectivity index is 2.65. The zero-order chi connectivity index (χ0) is 11.3. The van der Waals surface area contributed by atoms with E-state index in [1.165, 1.54) is 0 Å². The van der Waals surface area contributed by atoms with Gasteiger partial charge in [0, 0.05) is 10.4 Å². The first-order valence-corrected chi connectivity index (χ1v) is 5.84. The molecule has 15 heavy (non-hydrogen) atoms. The average Bonchev–Trinajstić information content (AvgIpc) is 2.18. The number of hydrogen-bond donors (Lipinski definition) is 0. The van der Waals surface area contributed by atoms with Gasteiger partial charge in [0.05, 0.1) is 6.10 Å². The van der Waals surface area contributed by atoms with Crippen LogP contribution in [0.4, 0.5) is 8.78 Å². The molecule has 0 amide bonds. The number of halogens is 4. The molecule has 1 aromatic rings. The summed E-state index contributed by atoms with van der Waals surface area (Å²) in [6, 6.07) is 6.99. The van der Waals surface area contributed by atoms with E-state index in [1.807, 2.05) is 0 Å². The second-order valence-corrected chi connectivity index (χ2v) is 4.01. The normalized spacial score (nSPS) is 13.1. The highest BCUT2D eigenvalue weighted by Crippen LogP contribution is 2.23. The Labute approximate surface area is 101 Å². The Hall–Kier alpha value is -0.190. The molecule has 1 aromatic carbocycles. The van der Waals surface area contributed by atoms with Crippen LogP contribution in [0.3, 0.4) is 0 Å². The molecule has 0 radical (unpaired) electrons. The first-order valence-electron chi connectivity index (χ1n) is 4.34. The Morgan fingerprint density at radius 1 is 1.40 bits per heavy atom. The van der Waals surface area contributed by atoms with Crippen molar-refractivity contribution in [1.29, 1.82) is 0 Å². The lowest BCUT2D eigenvalue weighted by molar-refractivity contribution is -0.0159. The Kier molecular flexibility index (Phi) is 5.50. The molecule has 5 heteroatoms. The van der Waals surface area contributed by atoms with Gasteiger partial charge in [-0.15, -0.1) is 0 Å². The minimum Gasteiger partial charge on any atom is -0.367 e. The van der Waals surface area contributed by atoms with Crippen molar-refractivity contribution < 1.29 is 13.5 Å². The molecule has 1 rings (SSSR count). The maximum absolute atomic E-state index is 12.0. The van der Waals surface area contributed by atoms with Crippen LogP contribution in [0.5, 0.6) is 0 Å². The second-order valence-electron chi connectivity index (χ2n) is 2.92. The predicted molar refractivity (Wildman–Crippen MR) is 59.9 cm³/mol. The number of alkyl halides is 3. The van der Waals surface area contributed by atoms with Crippen LogP contribution in [-0.4, -0.2) is 18.4 Å². The third kappa shape index (κ3) is 4.45. The molecule has 1 unspecified atom stereocenters. The van der Waals surface area contributed by atoms with Crippen molar-refractivity contribution in [3.63, 3.8) is 0 Å². The summed E-state index contributed by atoms with van der Waals surface area (Å²) in [4.78, 5) is 0. The summed E-state index contributed by atoms with van der Waals surface area (Å²) < 4.78 is 29.0. The largest absolute Gasteiger partial charge is 0.367 e. The molecular weight excluding hydrogens is 289 g/mol. The fourth-order valence-corrected chi connectivity index (χ4v) is 1.89. The van der Waals surface area contributed by atoms with Crippen LogP contribution in [0.15, 0.2) is 24.3 Å². The van der Waals surface area contributed by atoms with E-state index in [2.05, 4.69) is 15.9 Å². The highest BCUT2D eigenvalue weighted by molar-refractivity contribution is 9.09. The summed E-state index contributed by atoms with van der Waals surface area (Å²) >= 11 is 9.00. The first-order chi connectivity index (χ1) is 7.13. The molecule has 0 saturated carbocycles. The van der Waals surface area contributed by atoms with E-state index in [0.29, 0.717) is 10.4 Å². The van der Waals surface area contributed by atoms with E-state index in [-0.39, 0.29) is 0 Å². The third-order valence-electron chi connectivity index (χ3n) is 1.78. The lowest BCUT2D eigenvalue weighted by Crippen LogP contribution is -2.11. The minimum atomic E-state index is -2.45. The van der Waals surface area contributed by atoms with Gasteiger partial charge in [-0.3, -0.25) is 0 Å². The summed E-state index contributed by atoms with van der Waals surface area (Å²) in [5, 5.41) is 1.03. The monoisotopic (exact) mass is 298 g/mol.